The van der Waals surface area contributed by atoms with Gasteiger partial charge in [-0.3, -0.25) is 14.4 Å². The lowest BCUT2D eigenvalue weighted by molar-refractivity contribution is -0.196. The third-order valence-corrected chi connectivity index (χ3v) is 12.8. The summed E-state index contributed by atoms with van der Waals surface area (Å²) in [7, 11) is -0.809. The van der Waals surface area contributed by atoms with E-state index in [1.807, 2.05) is 12.2 Å². The fraction of sp³-hybridized carbons (Fsp3) is 0.720. The van der Waals surface area contributed by atoms with Gasteiger partial charge in [-0.05, 0) is 61.7 Å². The van der Waals surface area contributed by atoms with E-state index in [0.29, 0.717) is 12.3 Å². The molecule has 0 amide bonds. The molecule has 1 spiro atoms. The summed E-state index contributed by atoms with van der Waals surface area (Å²) in [5, 5.41) is 0.0448. The molecule has 0 bridgehead atoms. The predicted octanol–water partition coefficient (Wildman–Crippen LogP) is 5.16. The van der Waals surface area contributed by atoms with Crippen molar-refractivity contribution in [2.24, 2.45) is 17.3 Å². The summed E-state index contributed by atoms with van der Waals surface area (Å²) in [5.74, 6) is 0.0909. The molecule has 6 heteroatoms. The van der Waals surface area contributed by atoms with E-state index < -0.39 is 19.3 Å². The summed E-state index contributed by atoms with van der Waals surface area (Å²) in [6, 6.07) is 0. The van der Waals surface area contributed by atoms with Crippen molar-refractivity contribution >= 4 is 25.9 Å². The van der Waals surface area contributed by atoms with Crippen LogP contribution in [0.2, 0.25) is 18.1 Å². The number of Topliss-reactive ketones (excluding diaryl/α,β-unsaturated/α-hetero) is 1. The lowest BCUT2D eigenvalue weighted by Gasteiger charge is -2.68. The molecule has 2 saturated carbocycles. The second-order valence-corrected chi connectivity index (χ2v) is 15.7. The van der Waals surface area contributed by atoms with E-state index in [1.165, 1.54) is 7.11 Å². The topological polar surface area (TPSA) is 69.7 Å². The Hall–Kier alpha value is -1.53. The molecule has 31 heavy (non-hydrogen) atoms. The van der Waals surface area contributed by atoms with Crippen molar-refractivity contribution in [2.75, 3.05) is 7.11 Å². The van der Waals surface area contributed by atoms with E-state index in [9.17, 15) is 14.4 Å². The maximum atomic E-state index is 13.6. The monoisotopic (exact) mass is 446 g/mol. The van der Waals surface area contributed by atoms with Gasteiger partial charge in [0, 0.05) is 12.8 Å². The molecule has 5 nitrogen and oxygen atoms in total. The van der Waals surface area contributed by atoms with Crippen LogP contribution >= 0.6 is 0 Å². The normalized spacial score (nSPS) is 32.9. The molecule has 172 valence electrons. The zero-order valence-corrected chi connectivity index (χ0v) is 21.0. The first-order chi connectivity index (χ1) is 14.4. The van der Waals surface area contributed by atoms with Crippen molar-refractivity contribution < 1.29 is 23.5 Å². The molecule has 3 aliphatic carbocycles. The molecule has 2 fully saturated rings. The van der Waals surface area contributed by atoms with Crippen LogP contribution in [0.15, 0.2) is 24.3 Å². The van der Waals surface area contributed by atoms with Gasteiger partial charge in [0.15, 0.2) is 14.1 Å². The average molecular weight is 447 g/mol. The van der Waals surface area contributed by atoms with E-state index in [-0.39, 0.29) is 41.3 Å². The van der Waals surface area contributed by atoms with E-state index in [4.69, 9.17) is 4.43 Å². The first-order valence-corrected chi connectivity index (χ1v) is 14.5. The van der Waals surface area contributed by atoms with Gasteiger partial charge in [-0.2, -0.15) is 0 Å². The third-order valence-electron chi connectivity index (χ3n) is 8.28. The van der Waals surface area contributed by atoms with Gasteiger partial charge in [-0.1, -0.05) is 39.0 Å². The highest BCUT2D eigenvalue weighted by Crippen LogP contribution is 2.68. The second kappa shape index (κ2) is 8.43. The molecule has 0 aromatic carbocycles. The molecule has 3 rings (SSSR count). The van der Waals surface area contributed by atoms with Crippen molar-refractivity contribution in [1.29, 1.82) is 0 Å². The number of ether oxygens (including phenoxy) is 1. The SMILES string of the molecule is COC(=O)CCC(=O)/C=C/[C@@H]1CC2CCC[C@]3(O[Si](C)(C)C(C)(C)C)C=CCC(=O)[C@@]213. The maximum Gasteiger partial charge on any atom is 0.305 e. The number of carbonyl (C=O) groups excluding carboxylic acids is 3. The number of carbonyl (C=O) groups is 3. The van der Waals surface area contributed by atoms with E-state index in [0.717, 1.165) is 25.7 Å². The molecule has 0 heterocycles. The van der Waals surface area contributed by atoms with Gasteiger partial charge in [0.05, 0.1) is 24.5 Å². The Labute approximate surface area is 187 Å². The summed E-state index contributed by atoms with van der Waals surface area (Å²) in [6.07, 6.45) is 12.3. The van der Waals surface area contributed by atoms with Crippen LogP contribution in [0.25, 0.3) is 0 Å². The first-order valence-electron chi connectivity index (χ1n) is 11.6. The summed E-state index contributed by atoms with van der Waals surface area (Å²) in [4.78, 5) is 37.2. The van der Waals surface area contributed by atoms with Crippen molar-refractivity contribution in [2.45, 2.75) is 89.5 Å². The molecule has 0 aromatic rings. The largest absolute Gasteiger partial charge is 0.469 e. The van der Waals surface area contributed by atoms with Crippen LogP contribution in [-0.4, -0.2) is 38.6 Å². The molecular formula is C25H38O5Si. The van der Waals surface area contributed by atoms with Gasteiger partial charge in [-0.15, -0.1) is 0 Å². The molecular weight excluding hydrogens is 408 g/mol. The number of hydrogen-bond acceptors (Lipinski definition) is 5. The van der Waals surface area contributed by atoms with Gasteiger partial charge in [0.2, 0.25) is 0 Å². The fourth-order valence-electron chi connectivity index (χ4n) is 5.70. The highest BCUT2D eigenvalue weighted by molar-refractivity contribution is 6.74. The Morgan fingerprint density at radius 3 is 2.61 bits per heavy atom. The molecule has 0 aromatic heterocycles. The highest BCUT2D eigenvalue weighted by Gasteiger charge is 2.71. The number of allylic oxidation sites excluding steroid dienone is 3. The van der Waals surface area contributed by atoms with Crippen LogP contribution in [0.1, 0.15) is 65.7 Å². The van der Waals surface area contributed by atoms with Crippen LogP contribution < -0.4 is 0 Å². The van der Waals surface area contributed by atoms with E-state index in [1.54, 1.807) is 6.08 Å². The lowest BCUT2D eigenvalue weighted by Crippen LogP contribution is -2.72. The fourth-order valence-corrected chi connectivity index (χ4v) is 7.26. The first kappa shape index (κ1) is 24.1. The quantitative estimate of drug-likeness (QED) is 0.234. The lowest BCUT2D eigenvalue weighted by atomic mass is 9.39. The van der Waals surface area contributed by atoms with Crippen LogP contribution in [-0.2, 0) is 23.5 Å². The second-order valence-electron chi connectivity index (χ2n) is 11.0. The van der Waals surface area contributed by atoms with Crippen LogP contribution in [0, 0.1) is 17.3 Å². The Kier molecular flexibility index (Phi) is 6.56. The molecule has 0 N–H and O–H groups in total. The Morgan fingerprint density at radius 2 is 1.97 bits per heavy atom. The molecule has 0 radical (unpaired) electrons. The van der Waals surface area contributed by atoms with Crippen molar-refractivity contribution in [3.63, 3.8) is 0 Å². The minimum Gasteiger partial charge on any atom is -0.469 e. The van der Waals surface area contributed by atoms with Gasteiger partial charge < -0.3 is 9.16 Å². The van der Waals surface area contributed by atoms with Crippen LogP contribution in [0.4, 0.5) is 0 Å². The van der Waals surface area contributed by atoms with Crippen LogP contribution in [0.5, 0.6) is 0 Å². The van der Waals surface area contributed by atoms with E-state index >= 15 is 0 Å². The van der Waals surface area contributed by atoms with Crippen molar-refractivity contribution in [1.82, 2.24) is 0 Å². The standard InChI is InChI=1S/C25H38O5Si/c1-23(2,3)31(5,6)30-24-15-7-9-18-17-19(25(18,24)21(27)10-8-16-24)11-12-20(26)13-14-22(28)29-4/h8,11-12,16,18-19H,7,9-10,13-15,17H2,1-6H3/b12-11+/t18?,19-,24+,25-/m1/s1. The van der Waals surface area contributed by atoms with E-state index in [2.05, 4.69) is 44.7 Å². The molecule has 0 saturated heterocycles. The number of hydrogen-bond donors (Lipinski definition) is 0. The Morgan fingerprint density at radius 1 is 1.26 bits per heavy atom. The van der Waals surface area contributed by atoms with Gasteiger partial charge in [0.25, 0.3) is 0 Å². The molecule has 3 aliphatic rings. The number of esters is 1. The Bertz CT molecular complexity index is 805. The summed E-state index contributed by atoms with van der Waals surface area (Å²) >= 11 is 0. The minimum atomic E-state index is -2.13. The summed E-state index contributed by atoms with van der Waals surface area (Å²) < 4.78 is 11.7. The van der Waals surface area contributed by atoms with Crippen LogP contribution in [0.3, 0.4) is 0 Å². The Balaban J connectivity index is 1.91. The average Bonchev–Trinajstić information content (AvgIpc) is 2.65. The molecule has 1 unspecified atom stereocenters. The van der Waals surface area contributed by atoms with Gasteiger partial charge in [0.1, 0.15) is 5.78 Å². The molecule has 0 aliphatic heterocycles. The number of rotatable bonds is 7. The maximum absolute atomic E-state index is 13.6. The zero-order valence-electron chi connectivity index (χ0n) is 20.0. The minimum absolute atomic E-state index is 0.00194. The highest BCUT2D eigenvalue weighted by atomic mass is 28.4. The van der Waals surface area contributed by atoms with Crippen molar-refractivity contribution in [3.8, 4) is 0 Å². The predicted molar refractivity (Wildman–Crippen MR) is 123 cm³/mol. The smallest absolute Gasteiger partial charge is 0.305 e. The zero-order chi connectivity index (χ0) is 23.1. The number of methoxy groups -OCH3 is 1. The van der Waals surface area contributed by atoms with Gasteiger partial charge >= 0.3 is 5.97 Å². The summed E-state index contributed by atoms with van der Waals surface area (Å²) in [6.45, 7) is 11.2. The summed E-state index contributed by atoms with van der Waals surface area (Å²) in [5.41, 5.74) is -1.13. The molecule has 4 atom stereocenters. The number of ketones is 2. The van der Waals surface area contributed by atoms with Crippen molar-refractivity contribution in [3.05, 3.63) is 24.3 Å². The van der Waals surface area contributed by atoms with Gasteiger partial charge in [-0.25, -0.2) is 0 Å². The third kappa shape index (κ3) is 4.02.